The quantitative estimate of drug-likeness (QED) is 0.839. The molecule has 0 radical (unpaired) electrons. The first-order chi connectivity index (χ1) is 8.16. The molecular formula is C14H13BrClN. The largest absolute Gasteiger partial charge is 0.380 e. The lowest BCUT2D eigenvalue weighted by Gasteiger charge is -2.09. The molecule has 0 unspecified atom stereocenters. The van der Waals surface area contributed by atoms with Gasteiger partial charge in [0.15, 0.2) is 0 Å². The van der Waals surface area contributed by atoms with Crippen molar-refractivity contribution in [1.82, 2.24) is 0 Å². The summed E-state index contributed by atoms with van der Waals surface area (Å²) in [5.41, 5.74) is 3.37. The Morgan fingerprint density at radius 3 is 2.65 bits per heavy atom. The third-order valence-electron chi connectivity index (χ3n) is 2.59. The zero-order valence-corrected chi connectivity index (χ0v) is 11.8. The van der Waals surface area contributed by atoms with E-state index in [9.17, 15) is 0 Å². The Morgan fingerprint density at radius 1 is 1.18 bits per heavy atom. The van der Waals surface area contributed by atoms with Crippen LogP contribution in [0.5, 0.6) is 0 Å². The lowest BCUT2D eigenvalue weighted by Crippen LogP contribution is -2.00. The Hall–Kier alpha value is -0.990. The van der Waals surface area contributed by atoms with Crippen molar-refractivity contribution in [2.75, 3.05) is 5.32 Å². The molecule has 2 aromatic rings. The maximum Gasteiger partial charge on any atom is 0.0487 e. The molecule has 1 nitrogen and oxygen atoms in total. The molecule has 17 heavy (non-hydrogen) atoms. The van der Waals surface area contributed by atoms with Crippen molar-refractivity contribution < 1.29 is 0 Å². The molecule has 0 saturated carbocycles. The fourth-order valence-corrected chi connectivity index (χ4v) is 2.18. The second kappa shape index (κ2) is 5.56. The molecule has 88 valence electrons. The lowest BCUT2D eigenvalue weighted by atomic mass is 10.1. The van der Waals surface area contributed by atoms with Crippen LogP contribution in [0.1, 0.15) is 11.1 Å². The van der Waals surface area contributed by atoms with Gasteiger partial charge in [-0.1, -0.05) is 35.9 Å². The summed E-state index contributed by atoms with van der Waals surface area (Å²) in [6, 6.07) is 14.2. The van der Waals surface area contributed by atoms with Gasteiger partial charge in [-0.3, -0.25) is 0 Å². The van der Waals surface area contributed by atoms with Gasteiger partial charge in [0.2, 0.25) is 0 Å². The normalized spacial score (nSPS) is 10.3. The third-order valence-corrected chi connectivity index (χ3v) is 3.69. The second-order valence-electron chi connectivity index (χ2n) is 3.92. The van der Waals surface area contributed by atoms with E-state index < -0.39 is 0 Å². The number of nitrogens with one attached hydrogen (secondary N) is 1. The van der Waals surface area contributed by atoms with E-state index in [2.05, 4.69) is 27.3 Å². The number of anilines is 1. The van der Waals surface area contributed by atoms with Crippen LogP contribution in [0.4, 0.5) is 5.69 Å². The Balaban J connectivity index is 2.08. The molecule has 0 amide bonds. The van der Waals surface area contributed by atoms with Gasteiger partial charge in [-0.2, -0.15) is 0 Å². The molecule has 0 aliphatic rings. The molecule has 0 aliphatic heterocycles. The predicted molar refractivity (Wildman–Crippen MR) is 77.7 cm³/mol. The van der Waals surface area contributed by atoms with Crippen LogP contribution in [0.15, 0.2) is 46.9 Å². The Kier molecular flexibility index (Phi) is 4.08. The zero-order valence-electron chi connectivity index (χ0n) is 9.50. The molecule has 2 aromatic carbocycles. The maximum absolute atomic E-state index is 6.09. The van der Waals surface area contributed by atoms with Crippen molar-refractivity contribution in [2.24, 2.45) is 0 Å². The van der Waals surface area contributed by atoms with Gasteiger partial charge in [-0.25, -0.2) is 0 Å². The minimum atomic E-state index is 0.766. The van der Waals surface area contributed by atoms with E-state index in [4.69, 9.17) is 11.6 Å². The summed E-state index contributed by atoms with van der Waals surface area (Å²) in [5.74, 6) is 0. The van der Waals surface area contributed by atoms with Crippen LogP contribution in [0, 0.1) is 6.92 Å². The fourth-order valence-electron chi connectivity index (χ4n) is 1.55. The molecule has 0 spiro atoms. The van der Waals surface area contributed by atoms with Crippen LogP contribution in [0.2, 0.25) is 5.02 Å². The van der Waals surface area contributed by atoms with E-state index in [1.165, 1.54) is 5.56 Å². The monoisotopic (exact) mass is 309 g/mol. The molecule has 2 rings (SSSR count). The summed E-state index contributed by atoms with van der Waals surface area (Å²) in [7, 11) is 0. The van der Waals surface area contributed by atoms with Gasteiger partial charge in [0.05, 0.1) is 0 Å². The molecule has 1 N–H and O–H groups in total. The summed E-state index contributed by atoms with van der Waals surface area (Å²) in [4.78, 5) is 0. The van der Waals surface area contributed by atoms with Crippen LogP contribution in [-0.4, -0.2) is 0 Å². The number of hydrogen-bond donors (Lipinski definition) is 1. The highest BCUT2D eigenvalue weighted by Gasteiger charge is 2.00. The smallest absolute Gasteiger partial charge is 0.0487 e. The van der Waals surface area contributed by atoms with Crippen LogP contribution in [-0.2, 0) is 6.54 Å². The number of para-hydroxylation sites is 1. The molecule has 0 aromatic heterocycles. The van der Waals surface area contributed by atoms with E-state index in [-0.39, 0.29) is 0 Å². The molecule has 0 aliphatic carbocycles. The van der Waals surface area contributed by atoms with Gasteiger partial charge in [-0.15, -0.1) is 0 Å². The van der Waals surface area contributed by atoms with Gasteiger partial charge >= 0.3 is 0 Å². The van der Waals surface area contributed by atoms with Crippen LogP contribution >= 0.6 is 27.5 Å². The first-order valence-electron chi connectivity index (χ1n) is 5.40. The Labute approximate surface area is 115 Å². The van der Waals surface area contributed by atoms with Crippen molar-refractivity contribution in [3.8, 4) is 0 Å². The Bertz CT molecular complexity index is 525. The average molecular weight is 311 g/mol. The van der Waals surface area contributed by atoms with Crippen LogP contribution in [0.25, 0.3) is 0 Å². The number of aryl methyl sites for hydroxylation is 1. The molecule has 0 heterocycles. The number of benzene rings is 2. The number of rotatable bonds is 3. The van der Waals surface area contributed by atoms with Crippen molar-refractivity contribution in [3.63, 3.8) is 0 Å². The SMILES string of the molecule is Cc1ccc(CNc2ccccc2Br)cc1Cl. The molecule has 3 heteroatoms. The number of halogens is 2. The predicted octanol–water partition coefficient (Wildman–Crippen LogP) is 5.02. The standard InChI is InChI=1S/C14H13BrClN/c1-10-6-7-11(8-13(10)16)9-17-14-5-3-2-4-12(14)15/h2-8,17H,9H2,1H3. The topological polar surface area (TPSA) is 12.0 Å². The highest BCUT2D eigenvalue weighted by molar-refractivity contribution is 9.10. The molecular weight excluding hydrogens is 298 g/mol. The van der Waals surface area contributed by atoms with E-state index >= 15 is 0 Å². The van der Waals surface area contributed by atoms with E-state index in [1.807, 2.05) is 43.3 Å². The summed E-state index contributed by atoms with van der Waals surface area (Å²) in [6.07, 6.45) is 0. The first-order valence-corrected chi connectivity index (χ1v) is 6.57. The molecule has 0 saturated heterocycles. The molecule has 0 fully saturated rings. The van der Waals surface area contributed by atoms with E-state index in [0.717, 1.165) is 27.3 Å². The van der Waals surface area contributed by atoms with Crippen LogP contribution < -0.4 is 5.32 Å². The number of hydrogen-bond acceptors (Lipinski definition) is 1. The second-order valence-corrected chi connectivity index (χ2v) is 5.18. The van der Waals surface area contributed by atoms with Crippen LogP contribution in [0.3, 0.4) is 0 Å². The summed E-state index contributed by atoms with van der Waals surface area (Å²) < 4.78 is 1.07. The first kappa shape index (κ1) is 12.5. The van der Waals surface area contributed by atoms with Gasteiger partial charge in [0.25, 0.3) is 0 Å². The minimum absolute atomic E-state index is 0.766. The van der Waals surface area contributed by atoms with Crippen molar-refractivity contribution in [1.29, 1.82) is 0 Å². The maximum atomic E-state index is 6.09. The summed E-state index contributed by atoms with van der Waals surface area (Å²) in [6.45, 7) is 2.77. The highest BCUT2D eigenvalue weighted by Crippen LogP contribution is 2.23. The average Bonchev–Trinajstić information content (AvgIpc) is 2.32. The van der Waals surface area contributed by atoms with Gasteiger partial charge in [-0.05, 0) is 52.2 Å². The van der Waals surface area contributed by atoms with Gasteiger partial charge in [0, 0.05) is 21.7 Å². The zero-order chi connectivity index (χ0) is 12.3. The highest BCUT2D eigenvalue weighted by atomic mass is 79.9. The summed E-state index contributed by atoms with van der Waals surface area (Å²) >= 11 is 9.60. The van der Waals surface area contributed by atoms with Gasteiger partial charge < -0.3 is 5.32 Å². The van der Waals surface area contributed by atoms with Crippen molar-refractivity contribution in [2.45, 2.75) is 13.5 Å². The van der Waals surface area contributed by atoms with Crippen molar-refractivity contribution >= 4 is 33.2 Å². The van der Waals surface area contributed by atoms with Gasteiger partial charge in [0.1, 0.15) is 0 Å². The van der Waals surface area contributed by atoms with E-state index in [0.29, 0.717) is 0 Å². The van der Waals surface area contributed by atoms with E-state index in [1.54, 1.807) is 0 Å². The minimum Gasteiger partial charge on any atom is -0.380 e. The Morgan fingerprint density at radius 2 is 1.94 bits per heavy atom. The lowest BCUT2D eigenvalue weighted by molar-refractivity contribution is 1.14. The third kappa shape index (κ3) is 3.24. The summed E-state index contributed by atoms with van der Waals surface area (Å²) in [5, 5.41) is 4.19. The molecule has 0 atom stereocenters. The fraction of sp³-hybridized carbons (Fsp3) is 0.143. The molecule has 0 bridgehead atoms. The van der Waals surface area contributed by atoms with Crippen molar-refractivity contribution in [3.05, 3.63) is 63.1 Å².